The Morgan fingerprint density at radius 3 is 2.57 bits per heavy atom. The predicted octanol–water partition coefficient (Wildman–Crippen LogP) is 3.70. The van der Waals surface area contributed by atoms with Gasteiger partial charge in [-0.2, -0.15) is 0 Å². The Labute approximate surface area is 175 Å². The quantitative estimate of drug-likeness (QED) is 0.413. The summed E-state index contributed by atoms with van der Waals surface area (Å²) in [5, 5.41) is 4.23. The number of benzene rings is 2. The van der Waals surface area contributed by atoms with Gasteiger partial charge in [-0.15, -0.1) is 0 Å². The highest BCUT2D eigenvalue weighted by atomic mass is 16.6. The van der Waals surface area contributed by atoms with Crippen LogP contribution in [-0.2, 0) is 9.53 Å². The fourth-order valence-corrected chi connectivity index (χ4v) is 2.96. The summed E-state index contributed by atoms with van der Waals surface area (Å²) in [6, 6.07) is 14.4. The van der Waals surface area contributed by atoms with E-state index in [-0.39, 0.29) is 24.0 Å². The van der Waals surface area contributed by atoms with Crippen molar-refractivity contribution >= 4 is 22.8 Å². The molecule has 1 unspecified atom stereocenters. The largest absolute Gasteiger partial charge is 0.489 e. The van der Waals surface area contributed by atoms with Crippen LogP contribution >= 0.6 is 0 Å². The van der Waals surface area contributed by atoms with Crippen LogP contribution in [-0.4, -0.2) is 42.2 Å². The molecule has 0 saturated heterocycles. The van der Waals surface area contributed by atoms with Crippen LogP contribution in [0.3, 0.4) is 0 Å². The van der Waals surface area contributed by atoms with Gasteiger partial charge >= 0.3 is 11.9 Å². The maximum absolute atomic E-state index is 12.8. The Hall–Kier alpha value is -3.32. The molecule has 0 aliphatic heterocycles. The van der Waals surface area contributed by atoms with Gasteiger partial charge in [0.1, 0.15) is 29.8 Å². The van der Waals surface area contributed by atoms with Gasteiger partial charge in [0.25, 0.3) is 0 Å². The normalized spacial score (nSPS) is 12.0. The third kappa shape index (κ3) is 5.61. The smallest absolute Gasteiger partial charge is 0.342 e. The maximum atomic E-state index is 12.8. The third-order valence-corrected chi connectivity index (χ3v) is 4.37. The summed E-state index contributed by atoms with van der Waals surface area (Å²) >= 11 is 0. The molecule has 0 radical (unpaired) electrons. The number of fused-ring (bicyclic) bond motifs is 1. The number of para-hydroxylation sites is 1. The number of aromatic nitrogens is 1. The van der Waals surface area contributed by atoms with E-state index in [9.17, 15) is 9.59 Å². The van der Waals surface area contributed by atoms with Crippen LogP contribution in [0.15, 0.2) is 54.7 Å². The van der Waals surface area contributed by atoms with Crippen molar-refractivity contribution in [1.29, 1.82) is 0 Å². The minimum atomic E-state index is -0.578. The summed E-state index contributed by atoms with van der Waals surface area (Å²) in [5.74, 6) is -0.203. The van der Waals surface area contributed by atoms with E-state index in [1.54, 1.807) is 24.3 Å². The summed E-state index contributed by atoms with van der Waals surface area (Å²) in [5.41, 5.74) is 1.16. The lowest BCUT2D eigenvalue weighted by molar-refractivity contribution is -0.131. The second kappa shape index (κ2) is 9.93. The molecule has 1 heterocycles. The molecule has 1 aromatic heterocycles. The zero-order chi connectivity index (χ0) is 21.5. The minimum Gasteiger partial charge on any atom is -0.489 e. The van der Waals surface area contributed by atoms with Gasteiger partial charge in [0.2, 0.25) is 0 Å². The number of rotatable bonds is 9. The second-order valence-electron chi connectivity index (χ2n) is 7.19. The topological polar surface area (TPSA) is 89.7 Å². The van der Waals surface area contributed by atoms with Gasteiger partial charge in [-0.1, -0.05) is 32.0 Å². The average Bonchev–Trinajstić information content (AvgIpc) is 3.19. The zero-order valence-corrected chi connectivity index (χ0v) is 17.3. The maximum Gasteiger partial charge on any atom is 0.342 e. The van der Waals surface area contributed by atoms with Crippen molar-refractivity contribution in [2.75, 3.05) is 13.2 Å². The summed E-state index contributed by atoms with van der Waals surface area (Å²) in [6.07, 6.45) is 1.31. The lowest BCUT2D eigenvalue weighted by Gasteiger charge is -2.21. The van der Waals surface area contributed by atoms with Crippen molar-refractivity contribution in [2.24, 2.45) is 0 Å². The van der Waals surface area contributed by atoms with Gasteiger partial charge in [0.05, 0.1) is 0 Å². The standard InChI is InChI=1S/C23H26N2O5/c1-15(2)25-13-17(14-28-21-10-6-8-20-18(21)11-12-24-20)30-23(27)19-7-4-5-9-22(19)29-16(3)26/h4-12,15,17,24-25H,13-14H2,1-3H3. The number of nitrogens with one attached hydrogen (secondary N) is 2. The average molecular weight is 410 g/mol. The molecule has 7 heteroatoms. The van der Waals surface area contributed by atoms with Gasteiger partial charge in [-0.25, -0.2) is 4.79 Å². The Bertz CT molecular complexity index is 1010. The highest BCUT2D eigenvalue weighted by Gasteiger charge is 2.21. The predicted molar refractivity (Wildman–Crippen MR) is 114 cm³/mol. The van der Waals surface area contributed by atoms with Gasteiger partial charge < -0.3 is 24.5 Å². The molecule has 0 aliphatic carbocycles. The number of esters is 2. The first-order valence-electron chi connectivity index (χ1n) is 9.84. The van der Waals surface area contributed by atoms with Gasteiger partial charge in [0.15, 0.2) is 0 Å². The number of hydrogen-bond donors (Lipinski definition) is 2. The van der Waals surface area contributed by atoms with E-state index in [2.05, 4.69) is 10.3 Å². The number of hydrogen-bond acceptors (Lipinski definition) is 6. The molecule has 0 spiro atoms. The fourth-order valence-electron chi connectivity index (χ4n) is 2.96. The fraction of sp³-hybridized carbons (Fsp3) is 0.304. The summed E-state index contributed by atoms with van der Waals surface area (Å²) < 4.78 is 16.8. The van der Waals surface area contributed by atoms with E-state index in [0.717, 1.165) is 10.9 Å². The SMILES string of the molecule is CC(=O)Oc1ccccc1C(=O)OC(CNC(C)C)COc1cccc2[nH]ccc12. The van der Waals surface area contributed by atoms with Gasteiger partial charge in [-0.3, -0.25) is 4.79 Å². The summed E-state index contributed by atoms with van der Waals surface area (Å²) in [7, 11) is 0. The number of carbonyl (C=O) groups is 2. The van der Waals surface area contributed by atoms with Crippen LogP contribution in [0.25, 0.3) is 10.9 Å². The molecule has 0 bridgehead atoms. The van der Waals surface area contributed by atoms with E-state index in [1.807, 2.05) is 44.3 Å². The van der Waals surface area contributed by atoms with E-state index < -0.39 is 18.0 Å². The molecular formula is C23H26N2O5. The number of H-pyrrole nitrogens is 1. The van der Waals surface area contributed by atoms with Crippen molar-refractivity contribution < 1.29 is 23.8 Å². The number of ether oxygens (including phenoxy) is 3. The van der Waals surface area contributed by atoms with Crippen LogP contribution < -0.4 is 14.8 Å². The Morgan fingerprint density at radius 2 is 1.80 bits per heavy atom. The number of carbonyl (C=O) groups excluding carboxylic acids is 2. The molecule has 3 aromatic rings. The highest BCUT2D eigenvalue weighted by Crippen LogP contribution is 2.25. The molecule has 0 amide bonds. The molecule has 3 rings (SSSR count). The van der Waals surface area contributed by atoms with E-state index in [1.165, 1.54) is 6.92 Å². The molecular weight excluding hydrogens is 384 g/mol. The monoisotopic (exact) mass is 410 g/mol. The lowest BCUT2D eigenvalue weighted by atomic mass is 10.2. The van der Waals surface area contributed by atoms with Crippen LogP contribution in [0.1, 0.15) is 31.1 Å². The molecule has 2 N–H and O–H groups in total. The van der Waals surface area contributed by atoms with E-state index in [4.69, 9.17) is 14.2 Å². The van der Waals surface area contributed by atoms with Crippen molar-refractivity contribution in [3.8, 4) is 11.5 Å². The lowest BCUT2D eigenvalue weighted by Crippen LogP contribution is -2.38. The zero-order valence-electron chi connectivity index (χ0n) is 17.3. The van der Waals surface area contributed by atoms with Crippen molar-refractivity contribution in [2.45, 2.75) is 32.9 Å². The Balaban J connectivity index is 1.73. The Morgan fingerprint density at radius 1 is 1.03 bits per heavy atom. The molecule has 1 atom stereocenters. The molecule has 30 heavy (non-hydrogen) atoms. The molecule has 2 aromatic carbocycles. The van der Waals surface area contributed by atoms with Gasteiger partial charge in [0, 0.05) is 36.6 Å². The molecule has 0 aliphatic rings. The van der Waals surface area contributed by atoms with E-state index in [0.29, 0.717) is 12.3 Å². The van der Waals surface area contributed by atoms with Crippen LogP contribution in [0.5, 0.6) is 11.5 Å². The first-order valence-corrected chi connectivity index (χ1v) is 9.84. The third-order valence-electron chi connectivity index (χ3n) is 4.37. The van der Waals surface area contributed by atoms with E-state index >= 15 is 0 Å². The molecule has 7 nitrogen and oxygen atoms in total. The van der Waals surface area contributed by atoms with Crippen molar-refractivity contribution in [1.82, 2.24) is 10.3 Å². The van der Waals surface area contributed by atoms with Crippen LogP contribution in [0.2, 0.25) is 0 Å². The number of aromatic amines is 1. The summed E-state index contributed by atoms with van der Waals surface area (Å²) in [4.78, 5) is 27.3. The van der Waals surface area contributed by atoms with Crippen LogP contribution in [0, 0.1) is 0 Å². The van der Waals surface area contributed by atoms with Gasteiger partial charge in [-0.05, 0) is 30.3 Å². The highest BCUT2D eigenvalue weighted by molar-refractivity contribution is 5.93. The minimum absolute atomic E-state index is 0.170. The van der Waals surface area contributed by atoms with Crippen molar-refractivity contribution in [3.63, 3.8) is 0 Å². The van der Waals surface area contributed by atoms with Crippen molar-refractivity contribution in [3.05, 3.63) is 60.3 Å². The van der Waals surface area contributed by atoms with Crippen LogP contribution in [0.4, 0.5) is 0 Å². The molecule has 0 fully saturated rings. The first kappa shape index (κ1) is 21.4. The summed E-state index contributed by atoms with van der Waals surface area (Å²) in [6.45, 7) is 5.90. The molecule has 0 saturated carbocycles. The first-order chi connectivity index (χ1) is 14.4. The second-order valence-corrected chi connectivity index (χ2v) is 7.19. The Kier molecular flexibility index (Phi) is 7.08. The molecule has 158 valence electrons.